The van der Waals surface area contributed by atoms with Crippen LogP contribution in [0.15, 0.2) is 30.5 Å². The number of carbonyl (C=O) groups excluding carboxylic acids is 1. The van der Waals surface area contributed by atoms with E-state index in [-0.39, 0.29) is 28.9 Å². The molecule has 0 saturated heterocycles. The molecule has 2 atom stereocenters. The maximum atomic E-state index is 12.4. The number of amides is 1. The summed E-state index contributed by atoms with van der Waals surface area (Å²) in [5.74, 6) is 0.948. The molecule has 4 rings (SSSR count). The lowest BCUT2D eigenvalue weighted by molar-refractivity contribution is -0.274. The second-order valence-corrected chi connectivity index (χ2v) is 9.72. The van der Waals surface area contributed by atoms with Gasteiger partial charge in [-0.05, 0) is 24.5 Å². The number of ether oxygens (including phenoxy) is 1. The Morgan fingerprint density at radius 2 is 2.00 bits per heavy atom. The number of pyridine rings is 1. The van der Waals surface area contributed by atoms with E-state index in [9.17, 15) is 18.0 Å². The van der Waals surface area contributed by atoms with Gasteiger partial charge in [-0.3, -0.25) is 9.78 Å². The number of hydrogen-bond donors (Lipinski definition) is 1. The van der Waals surface area contributed by atoms with Crippen LogP contribution in [-0.4, -0.2) is 33.8 Å². The van der Waals surface area contributed by atoms with Gasteiger partial charge in [0.2, 0.25) is 5.91 Å². The zero-order chi connectivity index (χ0) is 24.1. The number of nitrogens with one attached hydrogen (secondary N) is 1. The Bertz CT molecular complexity index is 1090. The molecule has 2 aliphatic rings. The van der Waals surface area contributed by atoms with Gasteiger partial charge in [-0.25, -0.2) is 9.97 Å². The predicted molar refractivity (Wildman–Crippen MR) is 117 cm³/mol. The minimum absolute atomic E-state index is 0.0955. The van der Waals surface area contributed by atoms with E-state index in [1.54, 1.807) is 6.92 Å². The lowest BCUT2D eigenvalue weighted by Gasteiger charge is -2.29. The molecule has 2 aromatic heterocycles. The monoisotopic (exact) mass is 461 g/mol. The smallest absolute Gasteiger partial charge is 0.404 e. The van der Waals surface area contributed by atoms with Gasteiger partial charge in [0.25, 0.3) is 0 Å². The molecule has 0 unspecified atom stereocenters. The molecule has 0 radical (unpaired) electrons. The van der Waals surface area contributed by atoms with Gasteiger partial charge < -0.3 is 15.0 Å². The summed E-state index contributed by atoms with van der Waals surface area (Å²) in [5.41, 5.74) is 2.82. The highest BCUT2D eigenvalue weighted by Crippen LogP contribution is 2.57. The van der Waals surface area contributed by atoms with E-state index in [4.69, 9.17) is 9.97 Å². The van der Waals surface area contributed by atoms with E-state index in [0.29, 0.717) is 42.5 Å². The first-order valence-electron chi connectivity index (χ1n) is 10.6. The van der Waals surface area contributed by atoms with E-state index < -0.39 is 6.36 Å². The number of anilines is 2. The Balaban J connectivity index is 1.56. The van der Waals surface area contributed by atoms with Crippen LogP contribution in [0.2, 0.25) is 0 Å². The van der Waals surface area contributed by atoms with E-state index in [2.05, 4.69) is 21.6 Å². The summed E-state index contributed by atoms with van der Waals surface area (Å²) in [6.45, 7) is 12.9. The normalized spacial score (nSPS) is 19.6. The molecule has 2 aromatic rings. The summed E-state index contributed by atoms with van der Waals surface area (Å²) in [5, 5.41) is 2.88. The maximum Gasteiger partial charge on any atom is 0.573 e. The van der Waals surface area contributed by atoms with Crippen molar-refractivity contribution in [2.75, 3.05) is 16.8 Å². The quantitative estimate of drug-likeness (QED) is 0.648. The zero-order valence-electron chi connectivity index (χ0n) is 19.0. The molecule has 1 amide bonds. The molecular weight excluding hydrogens is 435 g/mol. The van der Waals surface area contributed by atoms with Crippen LogP contribution < -0.4 is 15.0 Å². The van der Waals surface area contributed by atoms with Crippen molar-refractivity contribution in [1.29, 1.82) is 0 Å². The Labute approximate surface area is 190 Å². The minimum Gasteiger partial charge on any atom is -0.404 e. The molecule has 3 heterocycles. The van der Waals surface area contributed by atoms with Crippen LogP contribution in [0.4, 0.5) is 24.8 Å². The number of rotatable bonds is 5. The molecule has 10 heteroatoms. The first-order chi connectivity index (χ1) is 15.3. The van der Waals surface area contributed by atoms with Gasteiger partial charge in [-0.15, -0.1) is 13.2 Å². The van der Waals surface area contributed by atoms with Crippen molar-refractivity contribution in [3.63, 3.8) is 0 Å². The number of halogens is 3. The van der Waals surface area contributed by atoms with Crippen LogP contribution in [0.3, 0.4) is 0 Å². The van der Waals surface area contributed by atoms with Crippen molar-refractivity contribution < 1.29 is 22.7 Å². The highest BCUT2D eigenvalue weighted by Gasteiger charge is 2.51. The third-order valence-electron chi connectivity index (χ3n) is 5.59. The van der Waals surface area contributed by atoms with Gasteiger partial charge >= 0.3 is 6.36 Å². The lowest BCUT2D eigenvalue weighted by Crippen LogP contribution is -2.32. The lowest BCUT2D eigenvalue weighted by atomic mass is 9.92. The van der Waals surface area contributed by atoms with Crippen molar-refractivity contribution in [1.82, 2.24) is 15.0 Å². The zero-order valence-corrected chi connectivity index (χ0v) is 19.0. The van der Waals surface area contributed by atoms with E-state index in [1.807, 2.05) is 25.7 Å². The molecule has 1 aliphatic carbocycles. The fraction of sp³-hybridized carbons (Fsp3) is 0.478. The number of hydrogen-bond acceptors (Lipinski definition) is 6. The van der Waals surface area contributed by atoms with Gasteiger partial charge in [0, 0.05) is 24.8 Å². The number of alkyl halides is 3. The minimum atomic E-state index is -4.76. The van der Waals surface area contributed by atoms with Gasteiger partial charge in [0.05, 0.1) is 29.8 Å². The number of aryl methyl sites for hydroxylation is 1. The van der Waals surface area contributed by atoms with E-state index in [1.165, 1.54) is 12.1 Å². The molecule has 1 N–H and O–H groups in total. The highest BCUT2D eigenvalue weighted by atomic mass is 19.4. The molecule has 1 fully saturated rings. The van der Waals surface area contributed by atoms with Crippen LogP contribution >= 0.6 is 0 Å². The Kier molecular flexibility index (Phi) is 5.58. The molecular formula is C23H26F3N5O2. The average Bonchev–Trinajstić information content (AvgIpc) is 3.31. The van der Waals surface area contributed by atoms with Gasteiger partial charge in [0.15, 0.2) is 11.6 Å². The average molecular weight is 461 g/mol. The van der Waals surface area contributed by atoms with Crippen LogP contribution in [0.5, 0.6) is 5.75 Å². The first kappa shape index (κ1) is 23.0. The topological polar surface area (TPSA) is 80.2 Å². The second kappa shape index (κ2) is 8.00. The van der Waals surface area contributed by atoms with Gasteiger partial charge in [0.1, 0.15) is 5.75 Å². The van der Waals surface area contributed by atoms with Crippen LogP contribution in [0.25, 0.3) is 0 Å². The summed E-state index contributed by atoms with van der Waals surface area (Å²) in [4.78, 5) is 28.0. The van der Waals surface area contributed by atoms with Crippen molar-refractivity contribution in [2.24, 2.45) is 11.3 Å². The molecule has 1 saturated carbocycles. The summed E-state index contributed by atoms with van der Waals surface area (Å²) in [6, 6.07) is 2.74. The Morgan fingerprint density at radius 3 is 2.61 bits per heavy atom. The molecule has 0 spiro atoms. The van der Waals surface area contributed by atoms with Crippen LogP contribution in [0.1, 0.15) is 50.2 Å². The summed E-state index contributed by atoms with van der Waals surface area (Å²) in [7, 11) is 0. The number of carbonyl (C=O) groups is 1. The standard InChI is InChI=1S/C23H26F3N5O2/c1-12-16-11-31(10-14-6-7-15(9-27-14)33-23(24,25)26)21-19(18(12)16)30-20(13(2)28-21)29-17(32)8-22(3,4)5/h6-7,9,16,18H,1,8,10-11H2,2-5H3,(H,29,30,32)/t16-,18+/m1/s1. The van der Waals surface area contributed by atoms with Crippen LogP contribution in [-0.2, 0) is 11.3 Å². The molecule has 176 valence electrons. The van der Waals surface area contributed by atoms with Crippen molar-refractivity contribution in [3.8, 4) is 5.75 Å². The number of aromatic nitrogens is 3. The highest BCUT2D eigenvalue weighted by molar-refractivity contribution is 5.90. The molecule has 0 bridgehead atoms. The van der Waals surface area contributed by atoms with E-state index >= 15 is 0 Å². The molecule has 0 aromatic carbocycles. The fourth-order valence-electron chi connectivity index (χ4n) is 4.06. The number of fused-ring (bicyclic) bond motifs is 3. The predicted octanol–water partition coefficient (Wildman–Crippen LogP) is 4.74. The van der Waals surface area contributed by atoms with E-state index in [0.717, 1.165) is 17.5 Å². The summed E-state index contributed by atoms with van der Waals surface area (Å²) in [6.07, 6.45) is -3.35. The van der Waals surface area contributed by atoms with Gasteiger partial charge in [-0.1, -0.05) is 32.9 Å². The Morgan fingerprint density at radius 1 is 1.27 bits per heavy atom. The fourth-order valence-corrected chi connectivity index (χ4v) is 4.06. The summed E-state index contributed by atoms with van der Waals surface area (Å²) < 4.78 is 41.0. The largest absolute Gasteiger partial charge is 0.573 e. The number of nitrogens with zero attached hydrogens (tertiary/aromatic N) is 4. The van der Waals surface area contributed by atoms with Crippen LogP contribution in [0, 0.1) is 18.3 Å². The molecule has 1 aliphatic heterocycles. The van der Waals surface area contributed by atoms with Crippen molar-refractivity contribution >= 4 is 17.5 Å². The molecule has 33 heavy (non-hydrogen) atoms. The van der Waals surface area contributed by atoms with Crippen molar-refractivity contribution in [3.05, 3.63) is 47.6 Å². The SMILES string of the molecule is C=C1[C@H]2CN(Cc3ccc(OC(F)(F)F)cn3)c3nc(C)c(NC(=O)CC(C)(C)C)nc3[C@@H]12. The van der Waals surface area contributed by atoms with Crippen molar-refractivity contribution in [2.45, 2.75) is 52.9 Å². The maximum absolute atomic E-state index is 12.4. The molecule has 7 nitrogen and oxygen atoms in total. The summed E-state index contributed by atoms with van der Waals surface area (Å²) >= 11 is 0. The third-order valence-corrected chi connectivity index (χ3v) is 5.59. The van der Waals surface area contributed by atoms with Gasteiger partial charge in [-0.2, -0.15) is 0 Å². The first-order valence-corrected chi connectivity index (χ1v) is 10.6. The second-order valence-electron chi connectivity index (χ2n) is 9.72. The Hall–Kier alpha value is -3.17. The third kappa shape index (κ3) is 5.26.